The maximum absolute atomic E-state index is 11.5. The first kappa shape index (κ1) is 13.4. The van der Waals surface area contributed by atoms with Crippen LogP contribution in [0.5, 0.6) is 0 Å². The van der Waals surface area contributed by atoms with Crippen molar-refractivity contribution in [3.8, 4) is 0 Å². The van der Waals surface area contributed by atoms with Gasteiger partial charge in [-0.3, -0.25) is 4.79 Å². The number of amides is 1. The largest absolute Gasteiger partial charge is 0.346 e. The maximum atomic E-state index is 11.5. The van der Waals surface area contributed by atoms with E-state index < -0.39 is 0 Å². The normalized spacial score (nSPS) is 12.2. The van der Waals surface area contributed by atoms with E-state index in [2.05, 4.69) is 27.4 Å². The molecule has 1 heterocycles. The molecule has 21 heavy (non-hydrogen) atoms. The summed E-state index contributed by atoms with van der Waals surface area (Å²) in [7, 11) is 0. The standard InChI is InChI=1S/C17H17N3O/c1-12(21)18-16(11-13-7-3-2-4-8-13)17-19-14-9-5-6-10-15(14)20-17/h2-10,16H,11H2,1H3,(H,18,21)(H,19,20)/t16-/m1/s1. The van der Waals surface area contributed by atoms with Crippen molar-refractivity contribution >= 4 is 16.9 Å². The lowest BCUT2D eigenvalue weighted by Gasteiger charge is -2.15. The van der Waals surface area contributed by atoms with Gasteiger partial charge >= 0.3 is 0 Å². The SMILES string of the molecule is CC(=O)N[C@H](Cc1ccccc1)c1nc2ccccc2[nH]1. The molecule has 1 amide bonds. The third kappa shape index (κ3) is 3.11. The molecule has 0 aliphatic heterocycles. The number of aromatic nitrogens is 2. The maximum Gasteiger partial charge on any atom is 0.217 e. The summed E-state index contributed by atoms with van der Waals surface area (Å²) in [5.41, 5.74) is 3.06. The molecular weight excluding hydrogens is 262 g/mol. The van der Waals surface area contributed by atoms with E-state index in [1.165, 1.54) is 6.92 Å². The molecule has 106 valence electrons. The summed E-state index contributed by atoms with van der Waals surface area (Å²) < 4.78 is 0. The lowest BCUT2D eigenvalue weighted by Crippen LogP contribution is -2.28. The van der Waals surface area contributed by atoms with Gasteiger partial charge in [0, 0.05) is 6.92 Å². The van der Waals surface area contributed by atoms with E-state index in [4.69, 9.17) is 0 Å². The summed E-state index contributed by atoms with van der Waals surface area (Å²) in [5.74, 6) is 0.728. The summed E-state index contributed by atoms with van der Waals surface area (Å²) in [6.07, 6.45) is 0.709. The number of carbonyl (C=O) groups is 1. The number of para-hydroxylation sites is 2. The molecule has 0 aliphatic rings. The molecule has 0 bridgehead atoms. The Morgan fingerprint density at radius 3 is 2.57 bits per heavy atom. The molecule has 0 spiro atoms. The van der Waals surface area contributed by atoms with E-state index in [1.807, 2.05) is 42.5 Å². The lowest BCUT2D eigenvalue weighted by molar-refractivity contribution is -0.119. The first-order valence-corrected chi connectivity index (χ1v) is 6.98. The van der Waals surface area contributed by atoms with Gasteiger partial charge in [-0.1, -0.05) is 42.5 Å². The molecule has 0 unspecified atom stereocenters. The Bertz CT molecular complexity index is 716. The van der Waals surface area contributed by atoms with Crippen LogP contribution in [0.4, 0.5) is 0 Å². The van der Waals surface area contributed by atoms with Crippen LogP contribution in [0.25, 0.3) is 11.0 Å². The van der Waals surface area contributed by atoms with Crippen LogP contribution in [0.2, 0.25) is 0 Å². The topological polar surface area (TPSA) is 57.8 Å². The number of aromatic amines is 1. The number of H-pyrrole nitrogens is 1. The molecule has 0 saturated carbocycles. The van der Waals surface area contributed by atoms with Gasteiger partial charge in [0.2, 0.25) is 5.91 Å². The van der Waals surface area contributed by atoms with Gasteiger partial charge in [0.1, 0.15) is 5.82 Å². The van der Waals surface area contributed by atoms with E-state index in [9.17, 15) is 4.79 Å². The Balaban J connectivity index is 1.92. The van der Waals surface area contributed by atoms with E-state index in [1.54, 1.807) is 0 Å². The smallest absolute Gasteiger partial charge is 0.217 e. The van der Waals surface area contributed by atoms with Crippen molar-refractivity contribution in [1.82, 2.24) is 15.3 Å². The molecule has 0 fully saturated rings. The van der Waals surface area contributed by atoms with Crippen molar-refractivity contribution in [2.75, 3.05) is 0 Å². The molecule has 3 aromatic rings. The van der Waals surface area contributed by atoms with Crippen molar-refractivity contribution in [1.29, 1.82) is 0 Å². The molecule has 1 aromatic heterocycles. The van der Waals surface area contributed by atoms with Gasteiger partial charge in [0.25, 0.3) is 0 Å². The highest BCUT2D eigenvalue weighted by Gasteiger charge is 2.17. The zero-order chi connectivity index (χ0) is 14.7. The van der Waals surface area contributed by atoms with Gasteiger partial charge in [-0.15, -0.1) is 0 Å². The van der Waals surface area contributed by atoms with Crippen molar-refractivity contribution in [3.05, 3.63) is 66.0 Å². The van der Waals surface area contributed by atoms with Crippen LogP contribution < -0.4 is 5.32 Å². The second kappa shape index (κ2) is 5.79. The third-order valence-electron chi connectivity index (χ3n) is 3.40. The van der Waals surface area contributed by atoms with Gasteiger partial charge < -0.3 is 10.3 Å². The number of nitrogens with zero attached hydrogens (tertiary/aromatic N) is 1. The van der Waals surface area contributed by atoms with Crippen LogP contribution in [-0.2, 0) is 11.2 Å². The summed E-state index contributed by atoms with van der Waals surface area (Å²) >= 11 is 0. The van der Waals surface area contributed by atoms with Crippen molar-refractivity contribution < 1.29 is 4.79 Å². The predicted molar refractivity (Wildman–Crippen MR) is 82.8 cm³/mol. The van der Waals surface area contributed by atoms with Crippen LogP contribution in [0, 0.1) is 0 Å². The van der Waals surface area contributed by atoms with E-state index >= 15 is 0 Å². The number of fused-ring (bicyclic) bond motifs is 1. The fourth-order valence-electron chi connectivity index (χ4n) is 2.45. The molecule has 0 aliphatic carbocycles. The fraction of sp³-hybridized carbons (Fsp3) is 0.176. The highest BCUT2D eigenvalue weighted by atomic mass is 16.1. The average Bonchev–Trinajstić information content (AvgIpc) is 2.91. The molecule has 0 radical (unpaired) electrons. The number of rotatable bonds is 4. The molecule has 4 nitrogen and oxygen atoms in total. The van der Waals surface area contributed by atoms with E-state index in [0.717, 1.165) is 22.4 Å². The second-order valence-corrected chi connectivity index (χ2v) is 5.08. The van der Waals surface area contributed by atoms with Gasteiger partial charge in [-0.05, 0) is 24.1 Å². The minimum atomic E-state index is -0.155. The van der Waals surface area contributed by atoms with Crippen molar-refractivity contribution in [2.45, 2.75) is 19.4 Å². The Morgan fingerprint density at radius 2 is 1.86 bits per heavy atom. The number of hydrogen-bond acceptors (Lipinski definition) is 2. The van der Waals surface area contributed by atoms with Crippen molar-refractivity contribution in [3.63, 3.8) is 0 Å². The van der Waals surface area contributed by atoms with Crippen LogP contribution in [-0.4, -0.2) is 15.9 Å². The van der Waals surface area contributed by atoms with Crippen molar-refractivity contribution in [2.24, 2.45) is 0 Å². The highest BCUT2D eigenvalue weighted by molar-refractivity contribution is 5.76. The van der Waals surface area contributed by atoms with Gasteiger partial charge in [0.15, 0.2) is 0 Å². The Kier molecular flexibility index (Phi) is 3.69. The number of benzene rings is 2. The molecule has 0 saturated heterocycles. The fourth-order valence-corrected chi connectivity index (χ4v) is 2.45. The van der Waals surface area contributed by atoms with Crippen LogP contribution in [0.3, 0.4) is 0 Å². The van der Waals surface area contributed by atoms with Crippen LogP contribution in [0.15, 0.2) is 54.6 Å². The van der Waals surface area contributed by atoms with Crippen LogP contribution >= 0.6 is 0 Å². The highest BCUT2D eigenvalue weighted by Crippen LogP contribution is 2.19. The molecule has 3 rings (SSSR count). The molecule has 1 atom stereocenters. The van der Waals surface area contributed by atoms with E-state index in [0.29, 0.717) is 6.42 Å². The summed E-state index contributed by atoms with van der Waals surface area (Å²) in [6.45, 7) is 1.53. The quantitative estimate of drug-likeness (QED) is 0.771. The molecule has 4 heteroatoms. The number of carbonyl (C=O) groups excluding carboxylic acids is 1. The lowest BCUT2D eigenvalue weighted by atomic mass is 10.1. The number of hydrogen-bond donors (Lipinski definition) is 2. The Morgan fingerprint density at radius 1 is 1.14 bits per heavy atom. The molecular formula is C17H17N3O. The third-order valence-corrected chi connectivity index (χ3v) is 3.40. The zero-order valence-corrected chi connectivity index (χ0v) is 11.8. The monoisotopic (exact) mass is 279 g/mol. The first-order valence-electron chi connectivity index (χ1n) is 6.98. The Hall–Kier alpha value is -2.62. The Labute approximate surface area is 123 Å². The zero-order valence-electron chi connectivity index (χ0n) is 11.8. The van der Waals surface area contributed by atoms with Gasteiger partial charge in [0.05, 0.1) is 17.1 Å². The molecule has 2 N–H and O–H groups in total. The first-order chi connectivity index (χ1) is 10.2. The minimum Gasteiger partial charge on any atom is -0.346 e. The summed E-state index contributed by atoms with van der Waals surface area (Å²) in [6, 6.07) is 17.8. The predicted octanol–water partition coefficient (Wildman–Crippen LogP) is 2.98. The average molecular weight is 279 g/mol. The van der Waals surface area contributed by atoms with Gasteiger partial charge in [-0.25, -0.2) is 4.98 Å². The number of imidazole rings is 1. The van der Waals surface area contributed by atoms with Crippen LogP contribution in [0.1, 0.15) is 24.4 Å². The minimum absolute atomic E-state index is 0.0589. The number of nitrogens with one attached hydrogen (secondary N) is 2. The summed E-state index contributed by atoms with van der Waals surface area (Å²) in [4.78, 5) is 19.4. The molecule has 2 aromatic carbocycles. The second-order valence-electron chi connectivity index (χ2n) is 5.08. The van der Waals surface area contributed by atoms with E-state index in [-0.39, 0.29) is 11.9 Å². The summed E-state index contributed by atoms with van der Waals surface area (Å²) in [5, 5.41) is 2.97. The van der Waals surface area contributed by atoms with Gasteiger partial charge in [-0.2, -0.15) is 0 Å².